The number of rotatable bonds is 4. The third-order valence-corrected chi connectivity index (χ3v) is 4.75. The Labute approximate surface area is 131 Å². The van der Waals surface area contributed by atoms with Gasteiger partial charge >= 0.3 is 0 Å². The Bertz CT molecular complexity index is 751. The number of nitrogen functional groups attached to an aromatic ring is 1. The summed E-state index contributed by atoms with van der Waals surface area (Å²) < 4.78 is 18.1. The van der Waals surface area contributed by atoms with Crippen LogP contribution in [0.1, 0.15) is 19.6 Å². The number of hydrogen-bond donors (Lipinski definition) is 4. The van der Waals surface area contributed by atoms with Gasteiger partial charge in [-0.3, -0.25) is 9.13 Å². The number of imidazole rings is 1. The second kappa shape index (κ2) is 5.81. The first-order chi connectivity index (χ1) is 10.8. The summed E-state index contributed by atoms with van der Waals surface area (Å²) in [5, 5.41) is 20.9. The minimum atomic E-state index is -2.67. The van der Waals surface area contributed by atoms with Gasteiger partial charge in [0, 0.05) is 6.16 Å². The second-order valence-electron chi connectivity index (χ2n) is 5.71. The number of aromatic nitrogens is 4. The summed E-state index contributed by atoms with van der Waals surface area (Å²) in [5.41, 5.74) is 4.84. The molecule has 5 N–H and O–H groups in total. The number of nitrogens with zero attached hydrogens (tertiary/aromatic N) is 4. The van der Waals surface area contributed by atoms with Gasteiger partial charge in [0.15, 0.2) is 25.7 Å². The van der Waals surface area contributed by atoms with Gasteiger partial charge in [0.2, 0.25) is 0 Å². The van der Waals surface area contributed by atoms with Crippen molar-refractivity contribution in [3.63, 3.8) is 0 Å². The summed E-state index contributed by atoms with van der Waals surface area (Å²) in [5.74, 6) is 0.197. The van der Waals surface area contributed by atoms with Crippen LogP contribution in [0.2, 0.25) is 0 Å². The Kier molecular flexibility index (Phi) is 4.11. The molecule has 11 heteroatoms. The van der Waals surface area contributed by atoms with E-state index in [0.717, 1.165) is 0 Å². The molecule has 1 aliphatic heterocycles. The van der Waals surface area contributed by atoms with E-state index in [4.69, 9.17) is 15.4 Å². The topological polar surface area (TPSA) is 157 Å². The monoisotopic (exact) mass is 343 g/mol. The maximum atomic E-state index is 10.9. The second-order valence-corrected chi connectivity index (χ2v) is 7.00. The third kappa shape index (κ3) is 2.73. The number of anilines is 1. The summed E-state index contributed by atoms with van der Waals surface area (Å²) >= 11 is 0. The Morgan fingerprint density at radius 2 is 2.22 bits per heavy atom. The molecule has 1 aliphatic rings. The van der Waals surface area contributed by atoms with E-state index in [-0.39, 0.29) is 18.4 Å². The maximum Gasteiger partial charge on any atom is 0.189 e. The minimum absolute atomic E-state index is 0.00892. The van der Waals surface area contributed by atoms with Crippen molar-refractivity contribution in [2.24, 2.45) is 0 Å². The van der Waals surface area contributed by atoms with Crippen LogP contribution in [0.3, 0.4) is 0 Å². The smallest absolute Gasteiger partial charge is 0.189 e. The fraction of sp³-hybridized carbons (Fsp3) is 0.583. The molecular weight excluding hydrogens is 325 g/mol. The molecule has 126 valence electrons. The van der Waals surface area contributed by atoms with Crippen molar-refractivity contribution in [3.8, 4) is 0 Å². The molecule has 3 heterocycles. The molecule has 0 aliphatic carbocycles. The molecule has 2 aromatic rings. The van der Waals surface area contributed by atoms with Gasteiger partial charge in [-0.15, -0.1) is 0 Å². The molecule has 10 nitrogen and oxygen atoms in total. The summed E-state index contributed by atoms with van der Waals surface area (Å²) in [6.45, 7) is 1.43. The van der Waals surface area contributed by atoms with Crippen molar-refractivity contribution in [1.82, 2.24) is 19.5 Å². The van der Waals surface area contributed by atoms with E-state index in [2.05, 4.69) is 15.0 Å². The summed E-state index contributed by atoms with van der Waals surface area (Å²) in [6, 6.07) is 0. The summed E-state index contributed by atoms with van der Waals surface area (Å²) in [4.78, 5) is 21.0. The lowest BCUT2D eigenvalue weighted by atomic mass is 9.95. The molecular formula is C12H18N5O5P. The Morgan fingerprint density at radius 1 is 1.48 bits per heavy atom. The van der Waals surface area contributed by atoms with Crippen LogP contribution in [0.4, 0.5) is 5.82 Å². The number of aliphatic hydroxyl groups is 2. The van der Waals surface area contributed by atoms with Crippen molar-refractivity contribution < 1.29 is 24.4 Å². The molecule has 3 rings (SSSR count). The zero-order chi connectivity index (χ0) is 16.8. The lowest BCUT2D eigenvalue weighted by Crippen LogP contribution is -2.43. The quantitative estimate of drug-likeness (QED) is 0.526. The van der Waals surface area contributed by atoms with Gasteiger partial charge in [-0.1, -0.05) is 0 Å². The van der Waals surface area contributed by atoms with Crippen LogP contribution in [0, 0.1) is 0 Å². The molecule has 0 spiro atoms. The normalized spacial score (nSPS) is 32.4. The lowest BCUT2D eigenvalue weighted by Gasteiger charge is -2.27. The Balaban J connectivity index is 1.95. The number of nitrogens with two attached hydrogens (primary N) is 1. The van der Waals surface area contributed by atoms with Crippen molar-refractivity contribution >= 4 is 25.0 Å². The van der Waals surface area contributed by atoms with Gasteiger partial charge in [-0.2, -0.15) is 0 Å². The van der Waals surface area contributed by atoms with Crippen LogP contribution in [0.15, 0.2) is 12.7 Å². The first-order valence-electron chi connectivity index (χ1n) is 7.03. The van der Waals surface area contributed by atoms with Crippen LogP contribution < -0.4 is 5.73 Å². The molecule has 0 amide bonds. The van der Waals surface area contributed by atoms with Gasteiger partial charge in [0.1, 0.15) is 23.5 Å². The highest BCUT2D eigenvalue weighted by Gasteiger charge is 2.53. The summed E-state index contributed by atoms with van der Waals surface area (Å²) in [7, 11) is -2.67. The highest BCUT2D eigenvalue weighted by atomic mass is 31.1. The molecule has 23 heavy (non-hydrogen) atoms. The summed E-state index contributed by atoms with van der Waals surface area (Å²) in [6.07, 6.45) is -0.105. The van der Waals surface area contributed by atoms with Crippen molar-refractivity contribution in [2.75, 3.05) is 11.9 Å². The zero-order valence-electron chi connectivity index (χ0n) is 12.3. The van der Waals surface area contributed by atoms with Crippen molar-refractivity contribution in [2.45, 2.75) is 37.4 Å². The van der Waals surface area contributed by atoms with E-state index in [1.807, 2.05) is 0 Å². The molecule has 2 aromatic heterocycles. The van der Waals surface area contributed by atoms with Crippen LogP contribution >= 0.6 is 8.03 Å². The molecule has 0 aromatic carbocycles. The minimum Gasteiger partial charge on any atom is -0.387 e. The SMILES string of the molecule is CC1(O)C(O)C(CC[PH](=O)O)OC1n1cnc2c(N)ncnc21. The molecule has 5 atom stereocenters. The third-order valence-electron chi connectivity index (χ3n) is 4.04. The van der Waals surface area contributed by atoms with Crippen LogP contribution in [-0.2, 0) is 9.30 Å². The molecule has 1 saturated heterocycles. The van der Waals surface area contributed by atoms with E-state index in [0.29, 0.717) is 11.2 Å². The number of ether oxygens (including phenoxy) is 1. The standard InChI is InChI=1S/C12H18N5O5P/c1-12(19)8(18)6(2-3-23(20)21)22-11(12)17-5-16-7-9(13)14-4-15-10(7)17/h4-6,8,11,18-19,23H,2-3H2,1H3,(H,20,21)(H2,13,14,15). The number of hydrogen-bond acceptors (Lipinski definition) is 8. The number of fused-ring (bicyclic) bond motifs is 1. The first kappa shape index (κ1) is 16.3. The highest BCUT2D eigenvalue weighted by molar-refractivity contribution is 7.37. The van der Waals surface area contributed by atoms with Gasteiger partial charge in [0.05, 0.1) is 12.4 Å². The average molecular weight is 343 g/mol. The van der Waals surface area contributed by atoms with Crippen molar-refractivity contribution in [3.05, 3.63) is 12.7 Å². The maximum absolute atomic E-state index is 10.9. The molecule has 1 fully saturated rings. The average Bonchev–Trinajstić information content (AvgIpc) is 2.99. The molecule has 0 radical (unpaired) electrons. The fourth-order valence-corrected chi connectivity index (χ4v) is 3.31. The number of aliphatic hydroxyl groups excluding tert-OH is 1. The van der Waals surface area contributed by atoms with Crippen molar-refractivity contribution in [1.29, 1.82) is 0 Å². The van der Waals surface area contributed by atoms with E-state index < -0.39 is 32.1 Å². The van der Waals surface area contributed by atoms with Crippen LogP contribution in [-0.4, -0.2) is 58.6 Å². The predicted molar refractivity (Wildman–Crippen MR) is 81.0 cm³/mol. The first-order valence-corrected chi connectivity index (χ1v) is 8.59. The van der Waals surface area contributed by atoms with Gasteiger partial charge in [0.25, 0.3) is 0 Å². The van der Waals surface area contributed by atoms with E-state index in [1.54, 1.807) is 0 Å². The van der Waals surface area contributed by atoms with E-state index >= 15 is 0 Å². The van der Waals surface area contributed by atoms with Crippen LogP contribution in [0.5, 0.6) is 0 Å². The van der Waals surface area contributed by atoms with Gasteiger partial charge in [-0.25, -0.2) is 15.0 Å². The lowest BCUT2D eigenvalue weighted by molar-refractivity contribution is -0.0939. The fourth-order valence-electron chi connectivity index (χ4n) is 2.78. The predicted octanol–water partition coefficient (Wildman–Crippen LogP) is -0.725. The van der Waals surface area contributed by atoms with E-state index in [1.165, 1.54) is 24.1 Å². The Hall–Kier alpha value is -1.58. The molecule has 0 saturated carbocycles. The largest absolute Gasteiger partial charge is 0.387 e. The zero-order valence-corrected chi connectivity index (χ0v) is 13.3. The Morgan fingerprint density at radius 3 is 2.91 bits per heavy atom. The highest BCUT2D eigenvalue weighted by Crippen LogP contribution is 2.41. The van der Waals surface area contributed by atoms with E-state index in [9.17, 15) is 14.8 Å². The van der Waals surface area contributed by atoms with Gasteiger partial charge in [-0.05, 0) is 13.3 Å². The van der Waals surface area contributed by atoms with Gasteiger partial charge < -0.3 is 25.6 Å². The molecule has 5 unspecified atom stereocenters. The van der Waals surface area contributed by atoms with Crippen LogP contribution in [0.25, 0.3) is 11.2 Å². The molecule has 0 bridgehead atoms.